The van der Waals surface area contributed by atoms with Crippen LogP contribution in [0.25, 0.3) is 0 Å². The molecule has 1 heterocycles. The minimum Gasteiger partial charge on any atom is -0.387 e. The van der Waals surface area contributed by atoms with E-state index in [-0.39, 0.29) is 11.8 Å². The summed E-state index contributed by atoms with van der Waals surface area (Å²) in [6.07, 6.45) is 5.92. The molecule has 1 saturated carbocycles. The van der Waals surface area contributed by atoms with Crippen molar-refractivity contribution < 1.29 is 9.90 Å². The number of fused-ring (bicyclic) bond motifs is 2. The molecule has 4 heteroatoms. The first kappa shape index (κ1) is 11.9. The molecule has 0 aliphatic heterocycles. The van der Waals surface area contributed by atoms with Gasteiger partial charge in [-0.3, -0.25) is 4.79 Å². The summed E-state index contributed by atoms with van der Waals surface area (Å²) < 4.78 is 0. The minimum atomic E-state index is -0.589. The number of rotatable bonds is 4. The van der Waals surface area contributed by atoms with Crippen LogP contribution in [0.3, 0.4) is 0 Å². The highest BCUT2D eigenvalue weighted by Crippen LogP contribution is 2.43. The molecule has 18 heavy (non-hydrogen) atoms. The van der Waals surface area contributed by atoms with Crippen LogP contribution in [-0.2, 0) is 4.79 Å². The molecule has 0 saturated heterocycles. The van der Waals surface area contributed by atoms with E-state index in [4.69, 9.17) is 0 Å². The van der Waals surface area contributed by atoms with E-state index in [1.54, 1.807) is 11.3 Å². The lowest BCUT2D eigenvalue weighted by Crippen LogP contribution is -2.35. The van der Waals surface area contributed by atoms with Gasteiger partial charge in [0.25, 0.3) is 0 Å². The monoisotopic (exact) mass is 263 g/mol. The molecule has 1 aromatic rings. The summed E-state index contributed by atoms with van der Waals surface area (Å²) in [5, 5.41) is 16.6. The van der Waals surface area contributed by atoms with Gasteiger partial charge in [-0.2, -0.15) is 11.3 Å². The van der Waals surface area contributed by atoms with Crippen LogP contribution in [0.4, 0.5) is 0 Å². The first-order valence-electron chi connectivity index (χ1n) is 6.40. The molecule has 2 bridgehead atoms. The van der Waals surface area contributed by atoms with Gasteiger partial charge in [-0.25, -0.2) is 0 Å². The fraction of sp³-hybridized carbons (Fsp3) is 0.500. The molecule has 1 amide bonds. The largest absolute Gasteiger partial charge is 0.387 e. The molecule has 4 unspecified atom stereocenters. The Labute approximate surface area is 111 Å². The van der Waals surface area contributed by atoms with Gasteiger partial charge in [-0.05, 0) is 47.1 Å². The molecule has 0 aromatic carbocycles. The van der Waals surface area contributed by atoms with Crippen LogP contribution in [0.5, 0.6) is 0 Å². The van der Waals surface area contributed by atoms with Gasteiger partial charge < -0.3 is 10.4 Å². The van der Waals surface area contributed by atoms with Crippen LogP contribution < -0.4 is 5.32 Å². The van der Waals surface area contributed by atoms with Gasteiger partial charge >= 0.3 is 0 Å². The highest BCUT2D eigenvalue weighted by atomic mass is 32.1. The van der Waals surface area contributed by atoms with Gasteiger partial charge in [0.15, 0.2) is 0 Å². The lowest BCUT2D eigenvalue weighted by molar-refractivity contribution is -0.126. The van der Waals surface area contributed by atoms with Crippen LogP contribution >= 0.6 is 11.3 Å². The standard InChI is InChI=1S/C14H17NO2S/c16-13(11-3-4-18-8-11)7-15-14(17)12-6-9-1-2-10(12)5-9/h1-4,8-10,12-13,16H,5-7H2,(H,15,17). The Bertz CT molecular complexity index is 454. The van der Waals surface area contributed by atoms with Crippen molar-refractivity contribution in [1.29, 1.82) is 0 Å². The lowest BCUT2D eigenvalue weighted by Gasteiger charge is -2.18. The van der Waals surface area contributed by atoms with Crippen molar-refractivity contribution in [3.05, 3.63) is 34.5 Å². The third kappa shape index (κ3) is 2.22. The molecule has 3 rings (SSSR count). The maximum atomic E-state index is 12.1. The van der Waals surface area contributed by atoms with Crippen molar-refractivity contribution in [3.63, 3.8) is 0 Å². The number of nitrogens with one attached hydrogen (secondary N) is 1. The van der Waals surface area contributed by atoms with E-state index in [2.05, 4.69) is 17.5 Å². The Morgan fingerprint density at radius 2 is 2.39 bits per heavy atom. The fourth-order valence-electron chi connectivity index (χ4n) is 2.99. The lowest BCUT2D eigenvalue weighted by atomic mass is 9.93. The summed E-state index contributed by atoms with van der Waals surface area (Å²) in [5.41, 5.74) is 0.883. The highest BCUT2D eigenvalue weighted by molar-refractivity contribution is 7.07. The Hall–Kier alpha value is -1.13. The average Bonchev–Trinajstić information content (AvgIpc) is 3.09. The molecule has 2 N–H and O–H groups in total. The normalized spacial score (nSPS) is 30.6. The SMILES string of the molecule is O=C(NCC(O)c1ccsc1)C1CC2C=CC1C2. The molecule has 1 aromatic heterocycles. The number of amides is 1. The summed E-state index contributed by atoms with van der Waals surface area (Å²) in [5.74, 6) is 1.25. The van der Waals surface area contributed by atoms with Crippen LogP contribution in [-0.4, -0.2) is 17.6 Å². The van der Waals surface area contributed by atoms with E-state index < -0.39 is 6.10 Å². The summed E-state index contributed by atoms with van der Waals surface area (Å²) in [4.78, 5) is 12.1. The molecule has 96 valence electrons. The fourth-order valence-corrected chi connectivity index (χ4v) is 3.70. The molecule has 2 aliphatic rings. The molecule has 3 nitrogen and oxygen atoms in total. The first-order chi connectivity index (χ1) is 8.74. The van der Waals surface area contributed by atoms with Crippen LogP contribution in [0.1, 0.15) is 24.5 Å². The van der Waals surface area contributed by atoms with E-state index in [0.717, 1.165) is 18.4 Å². The molecule has 4 atom stereocenters. The zero-order valence-corrected chi connectivity index (χ0v) is 10.9. The number of hydrogen-bond acceptors (Lipinski definition) is 3. The summed E-state index contributed by atoms with van der Waals surface area (Å²) >= 11 is 1.56. The van der Waals surface area contributed by atoms with Gasteiger partial charge in [0.2, 0.25) is 5.91 Å². The molecule has 1 fully saturated rings. The van der Waals surface area contributed by atoms with Crippen molar-refractivity contribution in [2.24, 2.45) is 17.8 Å². The van der Waals surface area contributed by atoms with Gasteiger partial charge in [-0.1, -0.05) is 12.2 Å². The van der Waals surface area contributed by atoms with Gasteiger partial charge in [0.05, 0.1) is 6.10 Å². The summed E-state index contributed by atoms with van der Waals surface area (Å²) in [6.45, 7) is 0.313. The predicted molar refractivity (Wildman–Crippen MR) is 71.1 cm³/mol. The highest BCUT2D eigenvalue weighted by Gasteiger charge is 2.39. The second kappa shape index (κ2) is 4.86. The minimum absolute atomic E-state index is 0.0983. The van der Waals surface area contributed by atoms with E-state index in [1.165, 1.54) is 0 Å². The van der Waals surface area contributed by atoms with Gasteiger partial charge in [0.1, 0.15) is 0 Å². The van der Waals surface area contributed by atoms with E-state index in [1.807, 2.05) is 16.8 Å². The van der Waals surface area contributed by atoms with Crippen LogP contribution in [0, 0.1) is 17.8 Å². The zero-order valence-electron chi connectivity index (χ0n) is 10.1. The Morgan fingerprint density at radius 1 is 1.50 bits per heavy atom. The van der Waals surface area contributed by atoms with Crippen molar-refractivity contribution in [1.82, 2.24) is 5.32 Å². The van der Waals surface area contributed by atoms with E-state index in [9.17, 15) is 9.90 Å². The third-order valence-electron chi connectivity index (χ3n) is 4.01. The number of thiophene rings is 1. The second-order valence-corrected chi connectivity index (χ2v) is 5.98. The number of aliphatic hydroxyl groups excluding tert-OH is 1. The smallest absolute Gasteiger partial charge is 0.223 e. The molecule has 0 radical (unpaired) electrons. The van der Waals surface area contributed by atoms with Crippen LogP contribution in [0.2, 0.25) is 0 Å². The van der Waals surface area contributed by atoms with Crippen molar-refractivity contribution >= 4 is 17.2 Å². The summed E-state index contributed by atoms with van der Waals surface area (Å²) in [7, 11) is 0. The molecule has 0 spiro atoms. The maximum absolute atomic E-state index is 12.1. The van der Waals surface area contributed by atoms with Crippen molar-refractivity contribution in [2.75, 3.05) is 6.54 Å². The molecule has 2 aliphatic carbocycles. The Morgan fingerprint density at radius 3 is 3.00 bits per heavy atom. The van der Waals surface area contributed by atoms with E-state index in [0.29, 0.717) is 18.4 Å². The topological polar surface area (TPSA) is 49.3 Å². The maximum Gasteiger partial charge on any atom is 0.223 e. The van der Waals surface area contributed by atoms with Crippen molar-refractivity contribution in [2.45, 2.75) is 18.9 Å². The molecular weight excluding hydrogens is 246 g/mol. The van der Waals surface area contributed by atoms with Gasteiger partial charge in [-0.15, -0.1) is 0 Å². The number of hydrogen-bond donors (Lipinski definition) is 2. The Balaban J connectivity index is 1.52. The first-order valence-corrected chi connectivity index (χ1v) is 7.34. The third-order valence-corrected chi connectivity index (χ3v) is 4.71. The number of allylic oxidation sites excluding steroid dienone is 2. The van der Waals surface area contributed by atoms with Crippen LogP contribution in [0.15, 0.2) is 29.0 Å². The van der Waals surface area contributed by atoms with Gasteiger partial charge in [0, 0.05) is 12.5 Å². The zero-order chi connectivity index (χ0) is 12.5. The quantitative estimate of drug-likeness (QED) is 0.817. The number of carbonyl (C=O) groups excluding carboxylic acids is 1. The molecular formula is C14H17NO2S. The number of carbonyl (C=O) groups is 1. The summed E-state index contributed by atoms with van der Waals surface area (Å²) in [6, 6.07) is 1.89. The predicted octanol–water partition coefficient (Wildman–Crippen LogP) is 2.11. The van der Waals surface area contributed by atoms with E-state index >= 15 is 0 Å². The van der Waals surface area contributed by atoms with Crippen molar-refractivity contribution in [3.8, 4) is 0 Å². The average molecular weight is 263 g/mol. The Kier molecular flexibility index (Phi) is 3.22. The number of aliphatic hydroxyl groups is 1. The second-order valence-electron chi connectivity index (χ2n) is 5.20.